The van der Waals surface area contributed by atoms with E-state index in [1.165, 1.54) is 0 Å². The second-order valence-corrected chi connectivity index (χ2v) is 8.43. The van der Waals surface area contributed by atoms with Crippen molar-refractivity contribution in [3.8, 4) is 0 Å². The quantitative estimate of drug-likeness (QED) is 0.488. The molecule has 0 unspecified atom stereocenters. The molecule has 2 aromatic heterocycles. The van der Waals surface area contributed by atoms with Gasteiger partial charge in [-0.15, -0.1) is 0 Å². The number of nitrogens with one attached hydrogen (secondary N) is 3. The minimum absolute atomic E-state index is 0.224. The molecule has 0 atom stereocenters. The highest BCUT2D eigenvalue weighted by Crippen LogP contribution is 2.16. The first-order valence-corrected chi connectivity index (χ1v) is 10.7. The summed E-state index contributed by atoms with van der Waals surface area (Å²) >= 11 is 0. The van der Waals surface area contributed by atoms with E-state index < -0.39 is 10.0 Å². The molecule has 152 valence electrons. The van der Waals surface area contributed by atoms with E-state index in [-0.39, 0.29) is 11.4 Å². The summed E-state index contributed by atoms with van der Waals surface area (Å²) in [6.45, 7) is 6.30. The zero-order valence-electron chi connectivity index (χ0n) is 16.6. The molecule has 0 aliphatic carbocycles. The standard InChI is InChI=1S/C20H24N6O2S/c1-14-4-6-17(7-5-14)29(27,28)23-11-10-22-19-13-20(25-16(3)24-19)26-18-12-15(2)8-9-21-18/h4-9,12-13,23H,10-11H2,1-3H3,(H2,21,22,24,25,26). The van der Waals surface area contributed by atoms with E-state index in [2.05, 4.69) is 30.3 Å². The molecule has 2 heterocycles. The second kappa shape index (κ2) is 8.97. The smallest absolute Gasteiger partial charge is 0.240 e. The molecule has 0 saturated heterocycles. The van der Waals surface area contributed by atoms with Crippen LogP contribution in [0.15, 0.2) is 53.6 Å². The Balaban J connectivity index is 1.58. The van der Waals surface area contributed by atoms with Crippen molar-refractivity contribution in [1.29, 1.82) is 0 Å². The number of nitrogens with zero attached hydrogens (tertiary/aromatic N) is 3. The van der Waals surface area contributed by atoms with Crippen LogP contribution in [0.1, 0.15) is 17.0 Å². The van der Waals surface area contributed by atoms with Crippen LogP contribution >= 0.6 is 0 Å². The minimum Gasteiger partial charge on any atom is -0.369 e. The Hall–Kier alpha value is -3.04. The third-order valence-electron chi connectivity index (χ3n) is 4.06. The molecular weight excluding hydrogens is 388 g/mol. The topological polar surface area (TPSA) is 109 Å². The van der Waals surface area contributed by atoms with E-state index >= 15 is 0 Å². The number of aryl methyl sites for hydroxylation is 3. The molecule has 0 aliphatic rings. The summed E-state index contributed by atoms with van der Waals surface area (Å²) < 4.78 is 27.2. The molecule has 0 amide bonds. The van der Waals surface area contributed by atoms with E-state index in [0.717, 1.165) is 11.1 Å². The minimum atomic E-state index is -3.54. The van der Waals surface area contributed by atoms with Gasteiger partial charge in [-0.05, 0) is 50.6 Å². The van der Waals surface area contributed by atoms with E-state index in [1.54, 1.807) is 43.5 Å². The fourth-order valence-electron chi connectivity index (χ4n) is 2.63. The largest absolute Gasteiger partial charge is 0.369 e. The highest BCUT2D eigenvalue weighted by atomic mass is 32.2. The van der Waals surface area contributed by atoms with Crippen LogP contribution in [0.5, 0.6) is 0 Å². The van der Waals surface area contributed by atoms with Crippen LogP contribution in [0, 0.1) is 20.8 Å². The van der Waals surface area contributed by atoms with Crippen molar-refractivity contribution in [3.63, 3.8) is 0 Å². The lowest BCUT2D eigenvalue weighted by Crippen LogP contribution is -2.29. The Kier molecular flexibility index (Phi) is 6.40. The molecule has 3 N–H and O–H groups in total. The molecule has 0 bridgehead atoms. The predicted molar refractivity (Wildman–Crippen MR) is 114 cm³/mol. The summed E-state index contributed by atoms with van der Waals surface area (Å²) in [5, 5.41) is 6.27. The van der Waals surface area contributed by atoms with Crippen LogP contribution in [-0.2, 0) is 10.0 Å². The van der Waals surface area contributed by atoms with Crippen LogP contribution in [0.2, 0.25) is 0 Å². The van der Waals surface area contributed by atoms with Gasteiger partial charge in [-0.25, -0.2) is 28.1 Å². The Morgan fingerprint density at radius 2 is 1.55 bits per heavy atom. The number of aromatic nitrogens is 3. The van der Waals surface area contributed by atoms with Gasteiger partial charge >= 0.3 is 0 Å². The van der Waals surface area contributed by atoms with Gasteiger partial charge in [-0.3, -0.25) is 0 Å². The second-order valence-electron chi connectivity index (χ2n) is 6.67. The van der Waals surface area contributed by atoms with Gasteiger partial charge in [-0.2, -0.15) is 0 Å². The lowest BCUT2D eigenvalue weighted by molar-refractivity contribution is 0.583. The van der Waals surface area contributed by atoms with Crippen LogP contribution in [0.4, 0.5) is 17.5 Å². The van der Waals surface area contributed by atoms with Gasteiger partial charge in [0.2, 0.25) is 10.0 Å². The lowest BCUT2D eigenvalue weighted by Gasteiger charge is -2.11. The summed E-state index contributed by atoms with van der Waals surface area (Å²) in [5.41, 5.74) is 2.10. The van der Waals surface area contributed by atoms with Gasteiger partial charge in [0.1, 0.15) is 23.3 Å². The van der Waals surface area contributed by atoms with Crippen LogP contribution in [0.25, 0.3) is 0 Å². The first-order valence-electron chi connectivity index (χ1n) is 9.17. The zero-order chi connectivity index (χ0) is 20.9. The summed E-state index contributed by atoms with van der Waals surface area (Å²) in [6, 6.07) is 12.3. The third-order valence-corrected chi connectivity index (χ3v) is 5.54. The van der Waals surface area contributed by atoms with Gasteiger partial charge < -0.3 is 10.6 Å². The molecule has 0 radical (unpaired) electrons. The zero-order valence-corrected chi connectivity index (χ0v) is 17.4. The van der Waals surface area contributed by atoms with Crippen molar-refractivity contribution < 1.29 is 8.42 Å². The SMILES string of the molecule is Cc1ccc(S(=O)(=O)NCCNc2cc(Nc3cc(C)ccn3)nc(C)n2)cc1. The monoisotopic (exact) mass is 412 g/mol. The van der Waals surface area contributed by atoms with E-state index in [1.807, 2.05) is 26.0 Å². The molecule has 3 aromatic rings. The Morgan fingerprint density at radius 1 is 0.828 bits per heavy atom. The number of sulfonamides is 1. The molecule has 3 rings (SSSR count). The van der Waals surface area contributed by atoms with E-state index in [0.29, 0.717) is 29.8 Å². The molecule has 1 aromatic carbocycles. The van der Waals surface area contributed by atoms with Gasteiger partial charge in [0.15, 0.2) is 0 Å². The van der Waals surface area contributed by atoms with Crippen molar-refractivity contribution in [1.82, 2.24) is 19.7 Å². The van der Waals surface area contributed by atoms with Crippen LogP contribution in [-0.4, -0.2) is 36.5 Å². The average molecular weight is 413 g/mol. The third kappa shape index (κ3) is 5.97. The summed E-state index contributed by atoms with van der Waals surface area (Å²) in [5.74, 6) is 2.49. The van der Waals surface area contributed by atoms with Gasteiger partial charge in [0, 0.05) is 25.4 Å². The maximum absolute atomic E-state index is 12.3. The fraction of sp³-hybridized carbons (Fsp3) is 0.250. The Labute approximate surface area is 170 Å². The van der Waals surface area contributed by atoms with Gasteiger partial charge in [-0.1, -0.05) is 17.7 Å². The van der Waals surface area contributed by atoms with E-state index in [9.17, 15) is 8.42 Å². The number of benzene rings is 1. The molecule has 0 fully saturated rings. The highest BCUT2D eigenvalue weighted by Gasteiger charge is 2.12. The van der Waals surface area contributed by atoms with E-state index in [4.69, 9.17) is 0 Å². The number of pyridine rings is 1. The van der Waals surface area contributed by atoms with Crippen molar-refractivity contribution in [3.05, 3.63) is 65.6 Å². The maximum atomic E-state index is 12.3. The van der Waals surface area contributed by atoms with Crippen molar-refractivity contribution in [2.75, 3.05) is 23.7 Å². The Bertz CT molecular complexity index is 1080. The molecular formula is C20H24N6O2S. The molecule has 9 heteroatoms. The van der Waals surface area contributed by atoms with Gasteiger partial charge in [0.25, 0.3) is 0 Å². The number of anilines is 3. The molecule has 0 saturated carbocycles. The van der Waals surface area contributed by atoms with Crippen LogP contribution < -0.4 is 15.4 Å². The van der Waals surface area contributed by atoms with Crippen molar-refractivity contribution >= 4 is 27.5 Å². The number of hydrogen-bond acceptors (Lipinski definition) is 7. The molecule has 0 aliphatic heterocycles. The molecule has 29 heavy (non-hydrogen) atoms. The summed E-state index contributed by atoms with van der Waals surface area (Å²) in [7, 11) is -3.54. The van der Waals surface area contributed by atoms with Gasteiger partial charge in [0.05, 0.1) is 4.90 Å². The maximum Gasteiger partial charge on any atom is 0.240 e. The number of hydrogen-bond donors (Lipinski definition) is 3. The first-order chi connectivity index (χ1) is 13.8. The fourth-order valence-corrected chi connectivity index (χ4v) is 3.67. The Morgan fingerprint density at radius 3 is 2.28 bits per heavy atom. The first kappa shape index (κ1) is 20.7. The molecule has 8 nitrogen and oxygen atoms in total. The predicted octanol–water partition coefficient (Wildman–Crippen LogP) is 2.93. The van der Waals surface area contributed by atoms with Crippen LogP contribution in [0.3, 0.4) is 0 Å². The number of rotatable bonds is 8. The van der Waals surface area contributed by atoms with Crippen molar-refractivity contribution in [2.24, 2.45) is 0 Å². The van der Waals surface area contributed by atoms with Crippen molar-refractivity contribution in [2.45, 2.75) is 25.7 Å². The normalized spacial score (nSPS) is 11.3. The average Bonchev–Trinajstić information content (AvgIpc) is 2.65. The lowest BCUT2D eigenvalue weighted by atomic mass is 10.2. The summed E-state index contributed by atoms with van der Waals surface area (Å²) in [6.07, 6.45) is 1.73. The summed E-state index contributed by atoms with van der Waals surface area (Å²) in [4.78, 5) is 13.2. The highest BCUT2D eigenvalue weighted by molar-refractivity contribution is 7.89. The molecule has 0 spiro atoms.